The third kappa shape index (κ3) is 3.08. The zero-order chi connectivity index (χ0) is 19.1. The Morgan fingerprint density at radius 2 is 2.04 bits per heavy atom. The number of likely N-dealkylation sites (tertiary alicyclic amines) is 1. The number of piperidine rings is 1. The molecule has 0 radical (unpaired) electrons. The molecule has 4 heterocycles. The molecule has 1 fully saturated rings. The summed E-state index contributed by atoms with van der Waals surface area (Å²) >= 11 is 1.47. The van der Waals surface area contributed by atoms with Crippen LogP contribution >= 0.6 is 11.3 Å². The number of carbonyl (C=O) groups is 1. The number of pyridine rings is 1. The number of hydrogen-bond donors (Lipinski definition) is 2. The van der Waals surface area contributed by atoms with Crippen LogP contribution in [0.2, 0.25) is 0 Å². The third-order valence-electron chi connectivity index (χ3n) is 5.67. The summed E-state index contributed by atoms with van der Waals surface area (Å²) in [5.74, 6) is 1.02. The van der Waals surface area contributed by atoms with Crippen LogP contribution in [0.3, 0.4) is 0 Å². The Hall–Kier alpha value is -2.70. The van der Waals surface area contributed by atoms with Crippen LogP contribution < -0.4 is 5.32 Å². The van der Waals surface area contributed by atoms with Crippen LogP contribution in [0.15, 0.2) is 48.0 Å². The Balaban J connectivity index is 1.43. The van der Waals surface area contributed by atoms with E-state index in [1.165, 1.54) is 16.9 Å². The number of amides is 1. The van der Waals surface area contributed by atoms with Crippen LogP contribution in [0.4, 0.5) is 5.82 Å². The van der Waals surface area contributed by atoms with Gasteiger partial charge in [-0.25, -0.2) is 4.98 Å². The van der Waals surface area contributed by atoms with Crippen molar-refractivity contribution in [3.05, 3.63) is 58.4 Å². The molecule has 3 aromatic heterocycles. The molecule has 6 heteroatoms. The van der Waals surface area contributed by atoms with Gasteiger partial charge < -0.3 is 15.2 Å². The second-order valence-corrected chi connectivity index (χ2v) is 8.40. The molecular formula is C22H22N4OS. The van der Waals surface area contributed by atoms with Gasteiger partial charge in [0, 0.05) is 11.6 Å². The molecule has 0 atom stereocenters. The fraction of sp³-hybridized carbons (Fsp3) is 0.273. The van der Waals surface area contributed by atoms with Crippen molar-refractivity contribution < 1.29 is 4.79 Å². The molecule has 1 aliphatic heterocycles. The number of hydrogen-bond acceptors (Lipinski definition) is 4. The highest BCUT2D eigenvalue weighted by Crippen LogP contribution is 2.33. The predicted molar refractivity (Wildman–Crippen MR) is 115 cm³/mol. The van der Waals surface area contributed by atoms with E-state index >= 15 is 0 Å². The lowest BCUT2D eigenvalue weighted by Crippen LogP contribution is -2.29. The fourth-order valence-electron chi connectivity index (χ4n) is 4.06. The van der Waals surface area contributed by atoms with Crippen LogP contribution in [0.1, 0.15) is 34.0 Å². The second-order valence-electron chi connectivity index (χ2n) is 7.52. The molecular weight excluding hydrogens is 368 g/mol. The summed E-state index contributed by atoms with van der Waals surface area (Å²) in [5.41, 5.74) is 3.26. The largest absolute Gasteiger partial charge is 0.360 e. The van der Waals surface area contributed by atoms with Crippen molar-refractivity contribution in [2.45, 2.75) is 18.8 Å². The Bertz CT molecular complexity index is 1150. The molecule has 1 amide bonds. The van der Waals surface area contributed by atoms with E-state index in [-0.39, 0.29) is 5.91 Å². The summed E-state index contributed by atoms with van der Waals surface area (Å²) in [4.78, 5) is 24.1. The molecule has 0 aliphatic carbocycles. The molecule has 1 aromatic carbocycles. The van der Waals surface area contributed by atoms with Crippen LogP contribution in [-0.4, -0.2) is 40.9 Å². The van der Waals surface area contributed by atoms with Crippen molar-refractivity contribution in [1.29, 1.82) is 0 Å². The summed E-state index contributed by atoms with van der Waals surface area (Å²) < 4.78 is 0. The van der Waals surface area contributed by atoms with Crippen LogP contribution in [0.25, 0.3) is 21.8 Å². The van der Waals surface area contributed by atoms with Crippen LogP contribution in [0, 0.1) is 0 Å². The van der Waals surface area contributed by atoms with E-state index in [1.54, 1.807) is 0 Å². The maximum absolute atomic E-state index is 12.8. The molecule has 142 valence electrons. The summed E-state index contributed by atoms with van der Waals surface area (Å²) in [6.45, 7) is 2.22. The van der Waals surface area contributed by atoms with Crippen molar-refractivity contribution in [1.82, 2.24) is 14.9 Å². The Kier molecular flexibility index (Phi) is 4.37. The quantitative estimate of drug-likeness (QED) is 0.526. The Labute approximate surface area is 167 Å². The topological polar surface area (TPSA) is 61.0 Å². The van der Waals surface area contributed by atoms with Crippen molar-refractivity contribution >= 4 is 44.9 Å². The molecule has 1 aliphatic rings. The normalized spacial score (nSPS) is 16.0. The van der Waals surface area contributed by atoms with E-state index in [1.807, 2.05) is 41.8 Å². The number of H-pyrrole nitrogens is 1. The van der Waals surface area contributed by atoms with Gasteiger partial charge in [0.2, 0.25) is 0 Å². The number of aromatic nitrogens is 2. The first kappa shape index (κ1) is 17.4. The first-order chi connectivity index (χ1) is 13.7. The molecule has 0 bridgehead atoms. The first-order valence-electron chi connectivity index (χ1n) is 9.63. The number of nitrogens with one attached hydrogen (secondary N) is 2. The number of nitrogens with zero attached hydrogens (tertiary/aromatic N) is 2. The van der Waals surface area contributed by atoms with E-state index in [0.29, 0.717) is 11.7 Å². The second kappa shape index (κ2) is 7.04. The van der Waals surface area contributed by atoms with Gasteiger partial charge in [-0.15, -0.1) is 11.3 Å². The van der Waals surface area contributed by atoms with Crippen molar-refractivity contribution in [3.63, 3.8) is 0 Å². The van der Waals surface area contributed by atoms with Gasteiger partial charge in [-0.1, -0.05) is 24.3 Å². The van der Waals surface area contributed by atoms with Gasteiger partial charge in [-0.3, -0.25) is 4.79 Å². The molecule has 1 saturated heterocycles. The zero-order valence-corrected chi connectivity index (χ0v) is 16.6. The highest BCUT2D eigenvalue weighted by Gasteiger charge is 2.22. The van der Waals surface area contributed by atoms with Crippen molar-refractivity contribution in [2.75, 3.05) is 25.5 Å². The first-order valence-corrected chi connectivity index (χ1v) is 10.5. The number of fused-ring (bicyclic) bond motifs is 2. The average Bonchev–Trinajstić information content (AvgIpc) is 3.32. The van der Waals surface area contributed by atoms with E-state index in [2.05, 4.69) is 28.4 Å². The summed E-state index contributed by atoms with van der Waals surface area (Å²) in [7, 11) is 2.17. The van der Waals surface area contributed by atoms with Crippen LogP contribution in [0.5, 0.6) is 0 Å². The van der Waals surface area contributed by atoms with E-state index in [4.69, 9.17) is 4.98 Å². The summed E-state index contributed by atoms with van der Waals surface area (Å²) in [6.07, 6.45) is 4.37. The Morgan fingerprint density at radius 1 is 1.21 bits per heavy atom. The van der Waals surface area contributed by atoms with Gasteiger partial charge in [0.05, 0.1) is 11.0 Å². The minimum absolute atomic E-state index is 0.102. The number of thiophene rings is 1. The molecule has 0 unspecified atom stereocenters. The molecule has 4 aromatic rings. The van der Waals surface area contributed by atoms with E-state index in [0.717, 1.165) is 52.6 Å². The van der Waals surface area contributed by atoms with Crippen molar-refractivity contribution in [3.8, 4) is 0 Å². The molecule has 0 saturated carbocycles. The van der Waals surface area contributed by atoms with E-state index < -0.39 is 0 Å². The van der Waals surface area contributed by atoms with Gasteiger partial charge in [0.15, 0.2) is 0 Å². The smallest absolute Gasteiger partial charge is 0.267 e. The maximum atomic E-state index is 12.8. The summed E-state index contributed by atoms with van der Waals surface area (Å²) in [5, 5.41) is 7.09. The zero-order valence-electron chi connectivity index (χ0n) is 15.7. The lowest BCUT2D eigenvalue weighted by molar-refractivity contribution is 0.103. The maximum Gasteiger partial charge on any atom is 0.267 e. The summed E-state index contributed by atoms with van der Waals surface area (Å²) in [6, 6.07) is 11.8. The molecule has 0 spiro atoms. The highest BCUT2D eigenvalue weighted by molar-refractivity contribution is 7.14. The monoisotopic (exact) mass is 390 g/mol. The number of aromatic amines is 1. The third-order valence-corrected chi connectivity index (χ3v) is 6.68. The van der Waals surface area contributed by atoms with Gasteiger partial charge in [0.1, 0.15) is 10.7 Å². The van der Waals surface area contributed by atoms with Gasteiger partial charge in [-0.2, -0.15) is 0 Å². The minimum Gasteiger partial charge on any atom is -0.360 e. The van der Waals surface area contributed by atoms with E-state index in [9.17, 15) is 4.79 Å². The van der Waals surface area contributed by atoms with Gasteiger partial charge >= 0.3 is 0 Å². The lowest BCUT2D eigenvalue weighted by Gasteiger charge is -2.28. The average molecular weight is 391 g/mol. The van der Waals surface area contributed by atoms with Gasteiger partial charge in [0.25, 0.3) is 5.91 Å². The fourth-order valence-corrected chi connectivity index (χ4v) is 4.98. The minimum atomic E-state index is -0.102. The predicted octanol–water partition coefficient (Wildman–Crippen LogP) is 4.84. The number of carbonyl (C=O) groups excluding carboxylic acids is 1. The molecule has 5 nitrogen and oxygen atoms in total. The standard InChI is InChI=1S/C22H22N4OS/c1-26-10-8-14(9-11-26)17-12-23-18-6-7-19(24-20(17)18)25-22(27)21-16-5-3-2-4-15(16)13-28-21/h2-7,12-14,23H,8-11H2,1H3,(H,24,25,27). The lowest BCUT2D eigenvalue weighted by atomic mass is 9.91. The van der Waals surface area contributed by atoms with Crippen LogP contribution in [-0.2, 0) is 0 Å². The number of anilines is 1. The molecule has 28 heavy (non-hydrogen) atoms. The number of rotatable bonds is 3. The highest BCUT2D eigenvalue weighted by atomic mass is 32.1. The molecule has 5 rings (SSSR count). The van der Waals surface area contributed by atoms with Gasteiger partial charge in [-0.05, 0) is 67.4 Å². The Morgan fingerprint density at radius 3 is 2.89 bits per heavy atom. The van der Waals surface area contributed by atoms with Crippen molar-refractivity contribution in [2.24, 2.45) is 0 Å². The molecule has 2 N–H and O–H groups in total. The SMILES string of the molecule is CN1CCC(c2c[nH]c3ccc(NC(=O)c4scc5ccccc45)nc23)CC1. The number of benzene rings is 1.